The van der Waals surface area contributed by atoms with E-state index in [0.717, 1.165) is 21.3 Å². The molecule has 0 N–H and O–H groups in total. The first-order valence-electron chi connectivity index (χ1n) is 7.47. The number of hydrogen-bond acceptors (Lipinski definition) is 5. The third kappa shape index (κ3) is 3.16. The Labute approximate surface area is 157 Å². The maximum absolute atomic E-state index is 9.58. The molecular formula is C19H11BrN2O2S. The number of allylic oxidation sites excluding steroid dienone is 1. The minimum Gasteiger partial charge on any atom is -0.454 e. The Morgan fingerprint density at radius 3 is 2.96 bits per heavy atom. The van der Waals surface area contributed by atoms with Gasteiger partial charge in [0.15, 0.2) is 11.5 Å². The average Bonchev–Trinajstić information content (AvgIpc) is 3.29. The van der Waals surface area contributed by atoms with Crippen molar-refractivity contribution in [2.45, 2.75) is 0 Å². The number of thiazole rings is 1. The van der Waals surface area contributed by atoms with Gasteiger partial charge in [0.1, 0.15) is 11.1 Å². The molecule has 0 spiro atoms. The van der Waals surface area contributed by atoms with Crippen LogP contribution in [0.4, 0.5) is 0 Å². The number of hydrogen-bond donors (Lipinski definition) is 0. The Hall–Kier alpha value is -2.62. The van der Waals surface area contributed by atoms with Gasteiger partial charge in [0.05, 0.1) is 11.3 Å². The number of benzene rings is 2. The summed E-state index contributed by atoms with van der Waals surface area (Å²) in [4.78, 5) is 4.62. The van der Waals surface area contributed by atoms with Gasteiger partial charge in [0.25, 0.3) is 0 Å². The summed E-state index contributed by atoms with van der Waals surface area (Å²) in [6.45, 7) is 0.201. The summed E-state index contributed by atoms with van der Waals surface area (Å²) in [5.74, 6) is 1.36. The number of ether oxygens (including phenoxy) is 2. The molecule has 1 aliphatic heterocycles. The lowest BCUT2D eigenvalue weighted by Crippen LogP contribution is -1.93. The van der Waals surface area contributed by atoms with Gasteiger partial charge in [0, 0.05) is 21.0 Å². The normalized spacial score (nSPS) is 12.9. The monoisotopic (exact) mass is 410 g/mol. The topological polar surface area (TPSA) is 55.1 Å². The van der Waals surface area contributed by atoms with Gasteiger partial charge in [-0.1, -0.05) is 40.2 Å². The molecule has 0 amide bonds. The smallest absolute Gasteiger partial charge is 0.231 e. The Bertz CT molecular complexity index is 1020. The zero-order valence-corrected chi connectivity index (χ0v) is 15.3. The summed E-state index contributed by atoms with van der Waals surface area (Å²) in [6.07, 6.45) is 1.79. The van der Waals surface area contributed by atoms with Crippen LogP contribution in [0.15, 0.2) is 52.3 Å². The van der Waals surface area contributed by atoms with Gasteiger partial charge < -0.3 is 9.47 Å². The first-order chi connectivity index (χ1) is 12.2. The van der Waals surface area contributed by atoms with Crippen molar-refractivity contribution in [1.82, 2.24) is 4.98 Å². The fourth-order valence-corrected chi connectivity index (χ4v) is 3.74. The van der Waals surface area contributed by atoms with Gasteiger partial charge in [-0.15, -0.1) is 11.3 Å². The van der Waals surface area contributed by atoms with Crippen molar-refractivity contribution in [2.24, 2.45) is 0 Å². The van der Waals surface area contributed by atoms with Crippen molar-refractivity contribution in [2.75, 3.05) is 6.79 Å². The predicted octanol–water partition coefficient (Wildman–Crippen LogP) is 5.37. The minimum atomic E-state index is 0.201. The van der Waals surface area contributed by atoms with E-state index in [4.69, 9.17) is 9.47 Å². The fraction of sp³-hybridized carbons (Fsp3) is 0.0526. The molecule has 25 heavy (non-hydrogen) atoms. The van der Waals surface area contributed by atoms with Crippen molar-refractivity contribution < 1.29 is 9.47 Å². The lowest BCUT2D eigenvalue weighted by molar-refractivity contribution is 0.174. The molecule has 0 bridgehead atoms. The highest BCUT2D eigenvalue weighted by molar-refractivity contribution is 9.10. The van der Waals surface area contributed by atoms with Crippen molar-refractivity contribution >= 4 is 38.9 Å². The van der Waals surface area contributed by atoms with E-state index in [2.05, 4.69) is 27.0 Å². The molecule has 122 valence electrons. The quantitative estimate of drug-likeness (QED) is 0.544. The van der Waals surface area contributed by atoms with E-state index in [1.54, 1.807) is 6.08 Å². The first kappa shape index (κ1) is 15.9. The van der Waals surface area contributed by atoms with Crippen LogP contribution in [0.2, 0.25) is 0 Å². The van der Waals surface area contributed by atoms with E-state index in [1.165, 1.54) is 11.3 Å². The van der Waals surface area contributed by atoms with E-state index >= 15 is 0 Å². The summed E-state index contributed by atoms with van der Waals surface area (Å²) in [7, 11) is 0. The Morgan fingerprint density at radius 1 is 1.24 bits per heavy atom. The average molecular weight is 411 g/mol. The predicted molar refractivity (Wildman–Crippen MR) is 101 cm³/mol. The maximum Gasteiger partial charge on any atom is 0.231 e. The molecular weight excluding hydrogens is 400 g/mol. The van der Waals surface area contributed by atoms with Gasteiger partial charge in [-0.3, -0.25) is 0 Å². The van der Waals surface area contributed by atoms with Crippen molar-refractivity contribution in [1.29, 1.82) is 5.26 Å². The second-order valence-electron chi connectivity index (χ2n) is 5.30. The van der Waals surface area contributed by atoms with Crippen molar-refractivity contribution in [3.8, 4) is 28.8 Å². The lowest BCUT2D eigenvalue weighted by Gasteiger charge is -2.01. The summed E-state index contributed by atoms with van der Waals surface area (Å²) >= 11 is 4.91. The molecule has 2 heterocycles. The fourth-order valence-electron chi connectivity index (χ4n) is 2.54. The summed E-state index contributed by atoms with van der Waals surface area (Å²) in [5.41, 5.74) is 3.16. The van der Waals surface area contributed by atoms with Gasteiger partial charge in [-0.05, 0) is 24.3 Å². The zero-order chi connectivity index (χ0) is 17.2. The molecule has 1 aliphatic rings. The minimum absolute atomic E-state index is 0.201. The van der Waals surface area contributed by atoms with Crippen LogP contribution in [0.1, 0.15) is 10.6 Å². The molecule has 4 rings (SSSR count). The zero-order valence-electron chi connectivity index (χ0n) is 12.9. The highest BCUT2D eigenvalue weighted by Crippen LogP contribution is 2.37. The highest BCUT2D eigenvalue weighted by Gasteiger charge is 2.17. The largest absolute Gasteiger partial charge is 0.454 e. The van der Waals surface area contributed by atoms with E-state index in [-0.39, 0.29) is 6.79 Å². The molecule has 0 fully saturated rings. The number of aromatic nitrogens is 1. The van der Waals surface area contributed by atoms with E-state index in [1.807, 2.05) is 47.8 Å². The van der Waals surface area contributed by atoms with Crippen LogP contribution in [0.5, 0.6) is 11.5 Å². The standard InChI is InChI=1S/C19H11BrN2O2S/c20-15-5-1-3-12(8-15)16-10-25-19(22-16)14(9-21)7-13-4-2-6-17-18(13)24-11-23-17/h1-8,10H,11H2/b14-7+. The molecule has 2 aromatic carbocycles. The van der Waals surface area contributed by atoms with Crippen LogP contribution in [0, 0.1) is 11.3 Å². The molecule has 0 atom stereocenters. The molecule has 3 aromatic rings. The van der Waals surface area contributed by atoms with E-state index in [0.29, 0.717) is 22.1 Å². The van der Waals surface area contributed by atoms with Crippen molar-refractivity contribution in [3.05, 3.63) is 62.9 Å². The molecule has 0 unspecified atom stereocenters. The van der Waals surface area contributed by atoms with E-state index < -0.39 is 0 Å². The molecule has 6 heteroatoms. The number of fused-ring (bicyclic) bond motifs is 1. The summed E-state index contributed by atoms with van der Waals surface area (Å²) in [6, 6.07) is 15.8. The second-order valence-corrected chi connectivity index (χ2v) is 7.07. The molecule has 0 saturated carbocycles. The van der Waals surface area contributed by atoms with Crippen LogP contribution in [-0.2, 0) is 0 Å². The lowest BCUT2D eigenvalue weighted by atomic mass is 10.1. The Morgan fingerprint density at radius 2 is 2.12 bits per heavy atom. The van der Waals surface area contributed by atoms with Crippen LogP contribution in [0.3, 0.4) is 0 Å². The number of rotatable bonds is 3. The Balaban J connectivity index is 1.71. The maximum atomic E-state index is 9.58. The molecule has 0 saturated heterocycles. The first-order valence-corrected chi connectivity index (χ1v) is 9.14. The van der Waals surface area contributed by atoms with Gasteiger partial charge in [0.2, 0.25) is 6.79 Å². The SMILES string of the molecule is N#C/C(=C\c1cccc2c1OCO2)c1nc(-c2cccc(Br)c2)cs1. The number of nitriles is 1. The Kier molecular flexibility index (Phi) is 4.26. The van der Waals surface area contributed by atoms with Crippen LogP contribution >= 0.6 is 27.3 Å². The van der Waals surface area contributed by atoms with Gasteiger partial charge in [-0.2, -0.15) is 5.26 Å². The number of halogens is 1. The van der Waals surface area contributed by atoms with Crippen LogP contribution in [-0.4, -0.2) is 11.8 Å². The van der Waals surface area contributed by atoms with Crippen LogP contribution < -0.4 is 9.47 Å². The van der Waals surface area contributed by atoms with Gasteiger partial charge >= 0.3 is 0 Å². The number of para-hydroxylation sites is 1. The van der Waals surface area contributed by atoms with Crippen molar-refractivity contribution in [3.63, 3.8) is 0 Å². The second kappa shape index (κ2) is 6.71. The molecule has 0 radical (unpaired) electrons. The third-order valence-corrected chi connectivity index (χ3v) is 5.07. The molecule has 4 nitrogen and oxygen atoms in total. The summed E-state index contributed by atoms with van der Waals surface area (Å²) in [5, 5.41) is 12.2. The molecule has 0 aliphatic carbocycles. The highest BCUT2D eigenvalue weighted by atomic mass is 79.9. The third-order valence-electron chi connectivity index (χ3n) is 3.70. The molecule has 1 aromatic heterocycles. The number of nitrogens with zero attached hydrogens (tertiary/aromatic N) is 2. The van der Waals surface area contributed by atoms with E-state index in [9.17, 15) is 5.26 Å². The summed E-state index contributed by atoms with van der Waals surface area (Å²) < 4.78 is 11.9. The van der Waals surface area contributed by atoms with Crippen LogP contribution in [0.25, 0.3) is 22.9 Å². The van der Waals surface area contributed by atoms with Gasteiger partial charge in [-0.25, -0.2) is 4.98 Å².